The predicted octanol–water partition coefficient (Wildman–Crippen LogP) is 1.73. The van der Waals surface area contributed by atoms with E-state index in [9.17, 15) is 14.9 Å². The number of hydrogen-bond acceptors (Lipinski definition) is 4. The average molecular weight is 271 g/mol. The molecule has 1 aliphatic rings. The van der Waals surface area contributed by atoms with Gasteiger partial charge in [-0.3, -0.25) is 14.9 Å². The van der Waals surface area contributed by atoms with Crippen molar-refractivity contribution in [2.45, 2.75) is 6.42 Å². The Balaban J connectivity index is 2.50. The Kier molecular flexibility index (Phi) is 3.38. The first-order chi connectivity index (χ1) is 8.58. The van der Waals surface area contributed by atoms with Crippen LogP contribution in [0.15, 0.2) is 12.1 Å². The molecule has 2 rings (SSSR count). The summed E-state index contributed by atoms with van der Waals surface area (Å²) in [6.45, 7) is 0.491. The number of nitrogens with zero attached hydrogens (tertiary/aromatic N) is 2. The lowest BCUT2D eigenvalue weighted by molar-refractivity contribution is -0.385. The van der Waals surface area contributed by atoms with E-state index in [1.165, 1.54) is 18.1 Å². The number of rotatable bonds is 3. The molecule has 1 aliphatic heterocycles. The predicted molar refractivity (Wildman–Crippen MR) is 66.4 cm³/mol. The highest BCUT2D eigenvalue weighted by Crippen LogP contribution is 2.38. The van der Waals surface area contributed by atoms with Crippen molar-refractivity contribution in [1.82, 2.24) is 0 Å². The number of methoxy groups -OCH3 is 1. The van der Waals surface area contributed by atoms with Gasteiger partial charge in [-0.25, -0.2) is 0 Å². The number of ether oxygens (including phenoxy) is 1. The molecule has 0 N–H and O–H groups in total. The molecule has 0 radical (unpaired) electrons. The summed E-state index contributed by atoms with van der Waals surface area (Å²) in [5.74, 6) is -0.187. The molecule has 18 heavy (non-hydrogen) atoms. The van der Waals surface area contributed by atoms with Crippen LogP contribution in [0.2, 0.25) is 0 Å². The molecule has 0 aliphatic carbocycles. The van der Waals surface area contributed by atoms with Crippen LogP contribution in [0.4, 0.5) is 11.4 Å². The Hall–Kier alpha value is -1.82. The Morgan fingerprint density at radius 3 is 2.89 bits per heavy atom. The molecule has 1 amide bonds. The zero-order valence-electron chi connectivity index (χ0n) is 9.68. The van der Waals surface area contributed by atoms with Crippen molar-refractivity contribution in [3.63, 3.8) is 0 Å². The van der Waals surface area contributed by atoms with Gasteiger partial charge >= 0.3 is 5.69 Å². The molecule has 96 valence electrons. The third-order valence-electron chi connectivity index (χ3n) is 2.89. The molecular weight excluding hydrogens is 260 g/mol. The van der Waals surface area contributed by atoms with Crippen molar-refractivity contribution < 1.29 is 14.5 Å². The van der Waals surface area contributed by atoms with Crippen molar-refractivity contribution in [3.8, 4) is 5.75 Å². The fraction of sp³-hybridized carbons (Fsp3) is 0.364. The minimum atomic E-state index is -0.527. The molecule has 0 atom stereocenters. The van der Waals surface area contributed by atoms with Crippen molar-refractivity contribution in [3.05, 3.63) is 27.8 Å². The summed E-state index contributed by atoms with van der Waals surface area (Å²) in [5, 5.41) is 10.9. The number of alkyl halides is 1. The molecule has 0 fully saturated rings. The molecule has 1 aromatic carbocycles. The highest BCUT2D eigenvalue weighted by atomic mass is 35.5. The van der Waals surface area contributed by atoms with Gasteiger partial charge < -0.3 is 9.64 Å². The van der Waals surface area contributed by atoms with Gasteiger partial charge in [0.25, 0.3) is 0 Å². The zero-order chi connectivity index (χ0) is 13.3. The van der Waals surface area contributed by atoms with Crippen LogP contribution in [0.3, 0.4) is 0 Å². The number of hydrogen-bond donors (Lipinski definition) is 0. The Morgan fingerprint density at radius 2 is 2.33 bits per heavy atom. The van der Waals surface area contributed by atoms with Gasteiger partial charge in [-0.15, -0.1) is 11.6 Å². The van der Waals surface area contributed by atoms with Crippen LogP contribution >= 0.6 is 11.6 Å². The molecule has 7 heteroatoms. The lowest BCUT2D eigenvalue weighted by Gasteiger charge is -2.15. The van der Waals surface area contributed by atoms with Crippen molar-refractivity contribution >= 4 is 28.9 Å². The SMILES string of the molecule is COc1cc2c(cc1[N+](=O)[O-])N(C(=O)CCl)CC2. The van der Waals surface area contributed by atoms with Gasteiger partial charge in [-0.05, 0) is 18.1 Å². The maximum absolute atomic E-state index is 11.6. The summed E-state index contributed by atoms with van der Waals surface area (Å²) in [7, 11) is 1.38. The van der Waals surface area contributed by atoms with Crippen LogP contribution in [0.25, 0.3) is 0 Å². The number of amides is 1. The third kappa shape index (κ3) is 1.99. The monoisotopic (exact) mass is 270 g/mol. The summed E-state index contributed by atoms with van der Waals surface area (Å²) >= 11 is 5.51. The van der Waals surface area contributed by atoms with E-state index < -0.39 is 4.92 Å². The van der Waals surface area contributed by atoms with E-state index in [-0.39, 0.29) is 23.2 Å². The quantitative estimate of drug-likeness (QED) is 0.476. The van der Waals surface area contributed by atoms with Crippen LogP contribution in [0, 0.1) is 10.1 Å². The van der Waals surface area contributed by atoms with Gasteiger partial charge in [-0.1, -0.05) is 0 Å². The number of nitro groups is 1. The van der Waals surface area contributed by atoms with Gasteiger partial charge in [0.1, 0.15) is 5.88 Å². The number of halogens is 1. The second-order valence-electron chi connectivity index (χ2n) is 3.84. The van der Waals surface area contributed by atoms with Crippen molar-refractivity contribution in [1.29, 1.82) is 0 Å². The van der Waals surface area contributed by atoms with Gasteiger partial charge in [0.05, 0.1) is 17.7 Å². The molecule has 0 unspecified atom stereocenters. The lowest BCUT2D eigenvalue weighted by atomic mass is 10.1. The standard InChI is InChI=1S/C11H11ClN2O4/c1-18-10-4-7-2-3-13(11(15)6-12)8(7)5-9(10)14(16)17/h4-5H,2-3,6H2,1H3. The van der Waals surface area contributed by atoms with E-state index >= 15 is 0 Å². The second-order valence-corrected chi connectivity index (χ2v) is 4.11. The maximum Gasteiger partial charge on any atom is 0.313 e. The molecule has 1 heterocycles. The number of fused-ring (bicyclic) bond motifs is 1. The Morgan fingerprint density at radius 1 is 1.61 bits per heavy atom. The zero-order valence-corrected chi connectivity index (χ0v) is 10.4. The van der Waals surface area contributed by atoms with Crippen molar-refractivity contribution in [2.75, 3.05) is 24.4 Å². The van der Waals surface area contributed by atoms with Crippen LogP contribution in [0.1, 0.15) is 5.56 Å². The number of benzene rings is 1. The smallest absolute Gasteiger partial charge is 0.313 e. The first-order valence-electron chi connectivity index (χ1n) is 5.30. The summed E-state index contributed by atoms with van der Waals surface area (Å²) in [4.78, 5) is 23.5. The first kappa shape index (κ1) is 12.6. The van der Waals surface area contributed by atoms with Gasteiger partial charge in [0.15, 0.2) is 5.75 Å². The molecule has 1 aromatic rings. The molecular formula is C11H11ClN2O4. The van der Waals surface area contributed by atoms with E-state index in [0.29, 0.717) is 18.7 Å². The highest BCUT2D eigenvalue weighted by Gasteiger charge is 2.28. The molecule has 0 saturated heterocycles. The van der Waals surface area contributed by atoms with Crippen molar-refractivity contribution in [2.24, 2.45) is 0 Å². The minimum absolute atomic E-state index is 0.140. The van der Waals surface area contributed by atoms with Crippen LogP contribution in [0.5, 0.6) is 5.75 Å². The number of carbonyl (C=O) groups is 1. The largest absolute Gasteiger partial charge is 0.490 e. The molecule has 0 spiro atoms. The lowest BCUT2D eigenvalue weighted by Crippen LogP contribution is -2.29. The van der Waals surface area contributed by atoms with Crippen LogP contribution in [-0.2, 0) is 11.2 Å². The second kappa shape index (κ2) is 4.81. The minimum Gasteiger partial charge on any atom is -0.490 e. The topological polar surface area (TPSA) is 72.7 Å². The normalized spacial score (nSPS) is 13.3. The van der Waals surface area contributed by atoms with E-state index in [4.69, 9.17) is 16.3 Å². The molecule has 0 bridgehead atoms. The number of nitro benzene ring substituents is 1. The first-order valence-corrected chi connectivity index (χ1v) is 5.83. The highest BCUT2D eigenvalue weighted by molar-refractivity contribution is 6.29. The Labute approximate surface area is 108 Å². The molecule has 6 nitrogen and oxygen atoms in total. The molecule has 0 aromatic heterocycles. The summed E-state index contributed by atoms with van der Waals surface area (Å²) in [6, 6.07) is 2.97. The Bertz CT molecular complexity index is 518. The fourth-order valence-electron chi connectivity index (χ4n) is 2.04. The number of anilines is 1. The summed E-state index contributed by atoms with van der Waals surface area (Å²) in [5.41, 5.74) is 1.26. The maximum atomic E-state index is 11.6. The van der Waals surface area contributed by atoms with Gasteiger partial charge in [-0.2, -0.15) is 0 Å². The van der Waals surface area contributed by atoms with Crippen LogP contribution < -0.4 is 9.64 Å². The number of carbonyl (C=O) groups excluding carboxylic acids is 1. The molecule has 0 saturated carbocycles. The van der Waals surface area contributed by atoms with Crippen LogP contribution in [-0.4, -0.2) is 30.4 Å². The van der Waals surface area contributed by atoms with Gasteiger partial charge in [0, 0.05) is 12.6 Å². The van der Waals surface area contributed by atoms with E-state index in [0.717, 1.165) is 5.56 Å². The fourth-order valence-corrected chi connectivity index (χ4v) is 2.19. The average Bonchev–Trinajstić information content (AvgIpc) is 2.78. The van der Waals surface area contributed by atoms with E-state index in [1.807, 2.05) is 0 Å². The summed E-state index contributed by atoms with van der Waals surface area (Å²) < 4.78 is 4.98. The van der Waals surface area contributed by atoms with Gasteiger partial charge in [0.2, 0.25) is 5.91 Å². The third-order valence-corrected chi connectivity index (χ3v) is 3.12. The summed E-state index contributed by atoms with van der Waals surface area (Å²) in [6.07, 6.45) is 0.645. The van der Waals surface area contributed by atoms with E-state index in [1.54, 1.807) is 6.07 Å². The van der Waals surface area contributed by atoms with E-state index in [2.05, 4.69) is 0 Å².